The Hall–Kier alpha value is -2.15. The van der Waals surface area contributed by atoms with Gasteiger partial charge >= 0.3 is 5.97 Å². The van der Waals surface area contributed by atoms with Gasteiger partial charge in [-0.25, -0.2) is 4.79 Å². The lowest BCUT2D eigenvalue weighted by atomic mass is 9.98. The molecule has 24 heavy (non-hydrogen) atoms. The van der Waals surface area contributed by atoms with Crippen molar-refractivity contribution >= 4 is 17.3 Å². The van der Waals surface area contributed by atoms with Gasteiger partial charge < -0.3 is 14.8 Å². The number of anilines is 1. The van der Waals surface area contributed by atoms with Crippen LogP contribution in [0, 0.1) is 10.1 Å². The molecule has 0 atom stereocenters. The van der Waals surface area contributed by atoms with E-state index in [1.807, 2.05) is 0 Å². The van der Waals surface area contributed by atoms with E-state index >= 15 is 0 Å². The molecule has 0 spiro atoms. The van der Waals surface area contributed by atoms with Crippen LogP contribution in [0.1, 0.15) is 48.9 Å². The summed E-state index contributed by atoms with van der Waals surface area (Å²) in [6.45, 7) is 1.28. The van der Waals surface area contributed by atoms with Crippen molar-refractivity contribution < 1.29 is 19.2 Å². The molecular weight excluding hydrogens is 312 g/mol. The number of nitrogens with one attached hydrogen (secondary N) is 1. The maximum atomic E-state index is 11.8. The number of nitro benzene ring substituents is 1. The van der Waals surface area contributed by atoms with E-state index in [9.17, 15) is 14.9 Å². The van der Waals surface area contributed by atoms with E-state index < -0.39 is 10.9 Å². The van der Waals surface area contributed by atoms with Crippen molar-refractivity contribution in [1.29, 1.82) is 0 Å². The third kappa shape index (κ3) is 5.19. The summed E-state index contributed by atoms with van der Waals surface area (Å²) in [4.78, 5) is 22.1. The van der Waals surface area contributed by atoms with Crippen LogP contribution in [0.2, 0.25) is 0 Å². The number of carbonyl (C=O) groups excluding carboxylic acids is 1. The van der Waals surface area contributed by atoms with Crippen molar-refractivity contribution in [2.24, 2.45) is 0 Å². The predicted octanol–water partition coefficient (Wildman–Crippen LogP) is 3.53. The molecule has 1 fully saturated rings. The number of benzene rings is 1. The SMILES string of the molecule is COC(=O)c1cc([N+](=O)[O-])ccc1NCCCOC1CCCCC1. The number of non-ortho nitro benzene ring substituents is 1. The third-order valence-corrected chi connectivity index (χ3v) is 4.16. The molecule has 1 saturated carbocycles. The molecule has 1 aliphatic carbocycles. The average molecular weight is 336 g/mol. The second kappa shape index (κ2) is 9.22. The fraction of sp³-hybridized carbons (Fsp3) is 0.588. The van der Waals surface area contributed by atoms with Crippen molar-refractivity contribution in [2.75, 3.05) is 25.6 Å². The Morgan fingerprint density at radius 2 is 2.08 bits per heavy atom. The van der Waals surface area contributed by atoms with E-state index in [0.717, 1.165) is 19.3 Å². The summed E-state index contributed by atoms with van der Waals surface area (Å²) in [6, 6.07) is 4.13. The van der Waals surface area contributed by atoms with E-state index in [1.165, 1.54) is 44.6 Å². The molecule has 0 unspecified atom stereocenters. The lowest BCUT2D eigenvalue weighted by molar-refractivity contribution is -0.384. The summed E-state index contributed by atoms with van der Waals surface area (Å²) in [5.41, 5.74) is 0.562. The van der Waals surface area contributed by atoms with Crippen molar-refractivity contribution in [1.82, 2.24) is 0 Å². The van der Waals surface area contributed by atoms with Crippen molar-refractivity contribution in [3.8, 4) is 0 Å². The van der Waals surface area contributed by atoms with Gasteiger partial charge in [-0.3, -0.25) is 10.1 Å². The van der Waals surface area contributed by atoms with Crippen molar-refractivity contribution in [2.45, 2.75) is 44.6 Å². The smallest absolute Gasteiger partial charge is 0.340 e. The summed E-state index contributed by atoms with van der Waals surface area (Å²) < 4.78 is 10.5. The summed E-state index contributed by atoms with van der Waals surface area (Å²) in [7, 11) is 1.25. The Balaban J connectivity index is 1.84. The van der Waals surface area contributed by atoms with Gasteiger partial charge in [-0.2, -0.15) is 0 Å². The van der Waals surface area contributed by atoms with Crippen LogP contribution in [0.15, 0.2) is 18.2 Å². The summed E-state index contributed by atoms with van der Waals surface area (Å²) in [5.74, 6) is -0.598. The van der Waals surface area contributed by atoms with Crippen LogP contribution in [-0.4, -0.2) is 37.3 Å². The Morgan fingerprint density at radius 1 is 1.33 bits per heavy atom. The molecule has 2 rings (SSSR count). The lowest BCUT2D eigenvalue weighted by Gasteiger charge is -2.22. The number of carbonyl (C=O) groups is 1. The van der Waals surface area contributed by atoms with E-state index in [1.54, 1.807) is 0 Å². The van der Waals surface area contributed by atoms with Crippen molar-refractivity contribution in [3.05, 3.63) is 33.9 Å². The summed E-state index contributed by atoms with van der Waals surface area (Å²) in [6.07, 6.45) is 7.25. The molecule has 7 nitrogen and oxygen atoms in total. The van der Waals surface area contributed by atoms with Crippen molar-refractivity contribution in [3.63, 3.8) is 0 Å². The fourth-order valence-electron chi connectivity index (χ4n) is 2.86. The molecule has 1 aromatic rings. The predicted molar refractivity (Wildman–Crippen MR) is 90.4 cm³/mol. The van der Waals surface area contributed by atoms with E-state index in [2.05, 4.69) is 5.32 Å². The molecule has 1 N–H and O–H groups in total. The molecular formula is C17H24N2O5. The number of methoxy groups -OCH3 is 1. The third-order valence-electron chi connectivity index (χ3n) is 4.16. The number of hydrogen-bond donors (Lipinski definition) is 1. The number of hydrogen-bond acceptors (Lipinski definition) is 6. The van der Waals surface area contributed by atoms with Gasteiger partial charge in [0.05, 0.1) is 23.7 Å². The van der Waals surface area contributed by atoms with E-state index in [4.69, 9.17) is 9.47 Å². The van der Waals surface area contributed by atoms with Gasteiger partial charge in [0.2, 0.25) is 0 Å². The van der Waals surface area contributed by atoms with Gasteiger partial charge in [-0.15, -0.1) is 0 Å². The minimum Gasteiger partial charge on any atom is -0.465 e. The highest BCUT2D eigenvalue weighted by Crippen LogP contribution is 2.23. The largest absolute Gasteiger partial charge is 0.465 e. The highest BCUT2D eigenvalue weighted by Gasteiger charge is 2.17. The number of nitrogens with zero attached hydrogens (tertiary/aromatic N) is 1. The Labute approximate surface area is 141 Å². The van der Waals surface area contributed by atoms with Gasteiger partial charge in [0.25, 0.3) is 5.69 Å². The highest BCUT2D eigenvalue weighted by atomic mass is 16.6. The van der Waals surface area contributed by atoms with Gasteiger partial charge in [-0.05, 0) is 25.3 Å². The lowest BCUT2D eigenvalue weighted by Crippen LogP contribution is -2.18. The molecule has 1 aromatic carbocycles. The summed E-state index contributed by atoms with van der Waals surface area (Å²) >= 11 is 0. The zero-order chi connectivity index (χ0) is 17.4. The van der Waals surface area contributed by atoms with Crippen LogP contribution in [-0.2, 0) is 9.47 Å². The van der Waals surface area contributed by atoms with Crippen LogP contribution in [0.3, 0.4) is 0 Å². The van der Waals surface area contributed by atoms with Crippen LogP contribution < -0.4 is 5.32 Å². The molecule has 1 aliphatic rings. The maximum Gasteiger partial charge on any atom is 0.340 e. The normalized spacial score (nSPS) is 15.0. The topological polar surface area (TPSA) is 90.7 Å². The van der Waals surface area contributed by atoms with Gasteiger partial charge in [0, 0.05) is 31.0 Å². The molecule has 132 valence electrons. The molecule has 7 heteroatoms. The molecule has 0 radical (unpaired) electrons. The minimum absolute atomic E-state index is 0.137. The molecule has 0 saturated heterocycles. The number of nitro groups is 1. The maximum absolute atomic E-state index is 11.8. The van der Waals surface area contributed by atoms with E-state index in [0.29, 0.717) is 24.9 Å². The van der Waals surface area contributed by atoms with Crippen LogP contribution in [0.5, 0.6) is 0 Å². The van der Waals surface area contributed by atoms with Crippen LogP contribution >= 0.6 is 0 Å². The van der Waals surface area contributed by atoms with Crippen LogP contribution in [0.25, 0.3) is 0 Å². The van der Waals surface area contributed by atoms with Gasteiger partial charge in [0.15, 0.2) is 0 Å². The second-order valence-electron chi connectivity index (χ2n) is 5.89. The Bertz CT molecular complexity index is 570. The zero-order valence-electron chi connectivity index (χ0n) is 14.0. The van der Waals surface area contributed by atoms with Crippen LogP contribution in [0.4, 0.5) is 11.4 Å². The minimum atomic E-state index is -0.598. The molecule has 0 bridgehead atoms. The highest BCUT2D eigenvalue weighted by molar-refractivity contribution is 5.96. The van der Waals surface area contributed by atoms with Gasteiger partial charge in [0.1, 0.15) is 0 Å². The first-order valence-electron chi connectivity index (χ1n) is 8.34. The molecule has 0 aliphatic heterocycles. The first kappa shape index (κ1) is 18.2. The monoisotopic (exact) mass is 336 g/mol. The second-order valence-corrected chi connectivity index (χ2v) is 5.89. The first-order valence-corrected chi connectivity index (χ1v) is 8.34. The Morgan fingerprint density at radius 3 is 2.75 bits per heavy atom. The number of esters is 1. The number of rotatable bonds is 8. The Kier molecular flexibility index (Phi) is 6.99. The molecule has 0 heterocycles. The fourth-order valence-corrected chi connectivity index (χ4v) is 2.86. The van der Waals surface area contributed by atoms with E-state index in [-0.39, 0.29) is 11.3 Å². The van der Waals surface area contributed by atoms with Gasteiger partial charge in [-0.1, -0.05) is 19.3 Å². The quantitative estimate of drug-likeness (QED) is 0.338. The molecule has 0 amide bonds. The average Bonchev–Trinajstić information content (AvgIpc) is 2.61. The summed E-state index contributed by atoms with van der Waals surface area (Å²) in [5, 5.41) is 14.0. The first-order chi connectivity index (χ1) is 11.6. The molecule has 0 aromatic heterocycles. The number of ether oxygens (including phenoxy) is 2. The zero-order valence-corrected chi connectivity index (χ0v) is 14.0. The standard InChI is InChI=1S/C17H24N2O5/c1-23-17(20)15-12-13(19(21)22)8-9-16(15)18-10-5-11-24-14-6-3-2-4-7-14/h8-9,12,14,18H,2-7,10-11H2,1H3.